The number of pyridine rings is 1. The van der Waals surface area contributed by atoms with E-state index in [4.69, 9.17) is 5.10 Å². The third-order valence-corrected chi connectivity index (χ3v) is 10.1. The van der Waals surface area contributed by atoms with Gasteiger partial charge in [-0.2, -0.15) is 21.0 Å². The Kier molecular flexibility index (Phi) is 7.21. The Balaban J connectivity index is 1.35. The van der Waals surface area contributed by atoms with Crippen LogP contribution >= 0.6 is 10.6 Å². The summed E-state index contributed by atoms with van der Waals surface area (Å²) in [6.07, 6.45) is 3.73. The van der Waals surface area contributed by atoms with Crippen molar-refractivity contribution in [3.05, 3.63) is 60.3 Å². The zero-order chi connectivity index (χ0) is 28.8. The second-order valence-electron chi connectivity index (χ2n) is 11.3. The summed E-state index contributed by atoms with van der Waals surface area (Å²) in [5.41, 5.74) is 2.33. The molecular formula is C29H32F2N6O3S. The van der Waals surface area contributed by atoms with E-state index in [0.717, 1.165) is 23.0 Å². The Morgan fingerprint density at radius 2 is 1.85 bits per heavy atom. The molecule has 9 nitrogen and oxygen atoms in total. The first-order valence-electron chi connectivity index (χ1n) is 13.8. The lowest BCUT2D eigenvalue weighted by molar-refractivity contribution is -0.128. The molecule has 2 aliphatic carbocycles. The van der Waals surface area contributed by atoms with Crippen LogP contribution < -0.4 is 10.2 Å². The number of halogens is 2. The summed E-state index contributed by atoms with van der Waals surface area (Å²) >= 11 is 0. The number of carbonyl (C=O) groups is 1. The van der Waals surface area contributed by atoms with Crippen LogP contribution in [0, 0.1) is 23.1 Å². The topological polar surface area (TPSA) is 127 Å². The van der Waals surface area contributed by atoms with Crippen LogP contribution in [0.15, 0.2) is 48.8 Å². The maximum absolute atomic E-state index is 14.7. The summed E-state index contributed by atoms with van der Waals surface area (Å²) in [5, 5.41) is 17.2. The molecule has 3 aliphatic rings. The first-order valence-corrected chi connectivity index (χ1v) is 15.7. The molecule has 2 saturated carbocycles. The normalized spacial score (nSPS) is 25.6. The van der Waals surface area contributed by atoms with Crippen LogP contribution in [0.5, 0.6) is 0 Å². The van der Waals surface area contributed by atoms with Crippen molar-refractivity contribution in [3.8, 4) is 23.0 Å². The van der Waals surface area contributed by atoms with Gasteiger partial charge in [-0.05, 0) is 61.9 Å². The number of amides is 1. The molecule has 0 spiro atoms. The van der Waals surface area contributed by atoms with Gasteiger partial charge in [-0.25, -0.2) is 18.4 Å². The summed E-state index contributed by atoms with van der Waals surface area (Å²) in [7, 11) is -2.50. The van der Waals surface area contributed by atoms with Gasteiger partial charge in [-0.15, -0.1) is 0 Å². The Morgan fingerprint density at radius 1 is 1.12 bits per heavy atom. The molecule has 216 valence electrons. The summed E-state index contributed by atoms with van der Waals surface area (Å²) in [6.45, 7) is 1.10. The minimum Gasteiger partial charge on any atom is -0.368 e. The van der Waals surface area contributed by atoms with Crippen LogP contribution in [0.4, 0.5) is 14.5 Å². The van der Waals surface area contributed by atoms with E-state index in [1.165, 1.54) is 12.1 Å². The number of anilines is 1. The first-order chi connectivity index (χ1) is 19.7. The molecule has 3 heterocycles. The van der Waals surface area contributed by atoms with E-state index < -0.39 is 34.0 Å². The zero-order valence-corrected chi connectivity index (χ0v) is 23.2. The van der Waals surface area contributed by atoms with Gasteiger partial charge in [0.2, 0.25) is 5.91 Å². The monoisotopic (exact) mass is 582 g/mol. The number of nitrogens with one attached hydrogen (secondary N) is 1. The standard InChI is InChI=1S/C29H32F2N6O3S/c30-20-3-7-23(24(15-20)28(38)34-29(18-32)9-10-29)27-25(17-37(35-27)26-8-4-21(31)16-33-26)19-1-5-22(6-2-19)36-11-13-41(39,40)14-12-36/h1-2,4-6,8,16-17,20,23-24,39-40H,3,7,9-15H2,(H,34,38). The van der Waals surface area contributed by atoms with Crippen molar-refractivity contribution in [2.24, 2.45) is 5.92 Å². The predicted octanol–water partition coefficient (Wildman–Crippen LogP) is 5.04. The fourth-order valence-electron chi connectivity index (χ4n) is 5.80. The molecule has 1 aliphatic heterocycles. The van der Waals surface area contributed by atoms with Gasteiger partial charge in [0, 0.05) is 42.4 Å². The number of nitriles is 1. The number of benzene rings is 1. The maximum Gasteiger partial charge on any atom is 0.225 e. The van der Waals surface area contributed by atoms with Crippen LogP contribution in [0.25, 0.3) is 16.9 Å². The average molecular weight is 583 g/mol. The Hall–Kier alpha value is -3.53. The van der Waals surface area contributed by atoms with E-state index in [0.29, 0.717) is 61.8 Å². The van der Waals surface area contributed by atoms with E-state index in [2.05, 4.69) is 21.3 Å². The van der Waals surface area contributed by atoms with Crippen LogP contribution in [0.1, 0.15) is 43.7 Å². The summed E-state index contributed by atoms with van der Waals surface area (Å²) in [6, 6.07) is 12.8. The second kappa shape index (κ2) is 10.7. The van der Waals surface area contributed by atoms with Crippen molar-refractivity contribution < 1.29 is 22.7 Å². The minimum atomic E-state index is -2.50. The van der Waals surface area contributed by atoms with Crippen molar-refractivity contribution in [3.63, 3.8) is 0 Å². The minimum absolute atomic E-state index is 0.0478. The largest absolute Gasteiger partial charge is 0.368 e. The molecule has 1 amide bonds. The lowest BCUT2D eigenvalue weighted by Crippen LogP contribution is -2.44. The van der Waals surface area contributed by atoms with Crippen molar-refractivity contribution in [1.82, 2.24) is 20.1 Å². The van der Waals surface area contributed by atoms with Gasteiger partial charge < -0.3 is 10.2 Å². The second-order valence-corrected chi connectivity index (χ2v) is 13.7. The molecule has 3 N–H and O–H groups in total. The Bertz CT molecular complexity index is 1460. The molecule has 3 fully saturated rings. The highest BCUT2D eigenvalue weighted by molar-refractivity contribution is 8.24. The van der Waals surface area contributed by atoms with Crippen LogP contribution in [-0.4, -0.2) is 66.1 Å². The van der Waals surface area contributed by atoms with Gasteiger partial charge in [-0.3, -0.25) is 13.9 Å². The predicted molar refractivity (Wildman–Crippen MR) is 152 cm³/mol. The Morgan fingerprint density at radius 3 is 2.49 bits per heavy atom. The third kappa shape index (κ3) is 5.80. The molecule has 12 heteroatoms. The number of rotatable bonds is 6. The molecule has 1 saturated heterocycles. The van der Waals surface area contributed by atoms with E-state index in [1.807, 2.05) is 24.3 Å². The van der Waals surface area contributed by atoms with E-state index >= 15 is 0 Å². The van der Waals surface area contributed by atoms with Gasteiger partial charge in [0.1, 0.15) is 17.5 Å². The quantitative estimate of drug-likeness (QED) is 0.372. The molecule has 0 bridgehead atoms. The summed E-state index contributed by atoms with van der Waals surface area (Å²) in [5.74, 6) is -0.803. The number of carbonyl (C=O) groups excluding carboxylic acids is 1. The number of alkyl halides is 1. The van der Waals surface area contributed by atoms with Gasteiger partial charge in [0.15, 0.2) is 5.82 Å². The third-order valence-electron chi connectivity index (χ3n) is 8.41. The SMILES string of the molecule is N#CC1(NC(=O)C2CC(F)CCC2c2nn(-c3ccc(F)cn3)cc2-c2ccc(N3CCS(O)(O)CC3)cc2)CC1. The van der Waals surface area contributed by atoms with Crippen molar-refractivity contribution >= 4 is 22.2 Å². The molecular weight excluding hydrogens is 550 g/mol. The van der Waals surface area contributed by atoms with Gasteiger partial charge in [0.05, 0.1) is 29.5 Å². The van der Waals surface area contributed by atoms with E-state index in [9.17, 15) is 27.9 Å². The highest BCUT2D eigenvalue weighted by Crippen LogP contribution is 2.45. The number of aromatic nitrogens is 3. The number of hydrogen-bond acceptors (Lipinski definition) is 7. The van der Waals surface area contributed by atoms with Crippen LogP contribution in [0.3, 0.4) is 0 Å². The van der Waals surface area contributed by atoms with Crippen molar-refractivity contribution in [2.75, 3.05) is 29.5 Å². The number of hydrogen-bond donors (Lipinski definition) is 3. The van der Waals surface area contributed by atoms with E-state index in [-0.39, 0.29) is 18.2 Å². The highest BCUT2D eigenvalue weighted by Gasteiger charge is 2.48. The molecule has 3 atom stereocenters. The Labute approximate surface area is 238 Å². The zero-order valence-electron chi connectivity index (χ0n) is 22.4. The van der Waals surface area contributed by atoms with Crippen molar-refractivity contribution in [2.45, 2.75) is 49.7 Å². The molecule has 6 rings (SSSR count). The van der Waals surface area contributed by atoms with E-state index in [1.54, 1.807) is 10.9 Å². The fraction of sp³-hybridized carbons (Fsp3) is 0.448. The van der Waals surface area contributed by atoms with Crippen LogP contribution in [0.2, 0.25) is 0 Å². The maximum atomic E-state index is 14.7. The molecule has 1 aromatic carbocycles. The first kappa shape index (κ1) is 27.6. The lowest BCUT2D eigenvalue weighted by atomic mass is 9.74. The van der Waals surface area contributed by atoms with Crippen molar-refractivity contribution in [1.29, 1.82) is 5.26 Å². The van der Waals surface area contributed by atoms with Gasteiger partial charge >= 0.3 is 0 Å². The average Bonchev–Trinajstić information content (AvgIpc) is 3.60. The van der Waals surface area contributed by atoms with Gasteiger partial charge in [-0.1, -0.05) is 12.1 Å². The molecule has 0 radical (unpaired) electrons. The molecule has 3 aromatic rings. The fourth-order valence-corrected chi connectivity index (χ4v) is 7.03. The summed E-state index contributed by atoms with van der Waals surface area (Å²) in [4.78, 5) is 19.7. The summed E-state index contributed by atoms with van der Waals surface area (Å²) < 4.78 is 49.7. The lowest BCUT2D eigenvalue weighted by Gasteiger charge is -2.41. The van der Waals surface area contributed by atoms with Gasteiger partial charge in [0.25, 0.3) is 0 Å². The smallest absolute Gasteiger partial charge is 0.225 e. The molecule has 41 heavy (non-hydrogen) atoms. The number of nitrogens with zero attached hydrogens (tertiary/aromatic N) is 5. The molecule has 3 unspecified atom stereocenters. The van der Waals surface area contributed by atoms with Crippen LogP contribution in [-0.2, 0) is 4.79 Å². The molecule has 2 aromatic heterocycles. The highest BCUT2D eigenvalue weighted by atomic mass is 32.3.